The molecule has 0 unspecified atom stereocenters. The largest absolute Gasteiger partial charge is 0.504 e. The number of anilines is 1. The zero-order chi connectivity index (χ0) is 15.0. The van der Waals surface area contributed by atoms with Gasteiger partial charge >= 0.3 is 0 Å². The minimum absolute atomic E-state index is 0. The Hall–Kier alpha value is -2.26. The normalized spacial score (nSPS) is 9.74. The minimum Gasteiger partial charge on any atom is -0.504 e. The Kier molecular flexibility index (Phi) is 5.99. The van der Waals surface area contributed by atoms with Crippen molar-refractivity contribution in [1.29, 1.82) is 0 Å². The van der Waals surface area contributed by atoms with Crippen LogP contribution in [0.2, 0.25) is 0 Å². The highest BCUT2D eigenvalue weighted by atomic mass is 79.9. The van der Waals surface area contributed by atoms with Gasteiger partial charge in [0.15, 0.2) is 17.2 Å². The van der Waals surface area contributed by atoms with Crippen molar-refractivity contribution in [2.75, 3.05) is 5.32 Å². The number of carbonyl (C=O) groups excluding carboxylic acids is 1. The maximum atomic E-state index is 12.1. The molecule has 23 heavy (non-hydrogen) atoms. The van der Waals surface area contributed by atoms with E-state index in [0.29, 0.717) is 5.52 Å². The molecule has 0 spiro atoms. The third-order valence-corrected chi connectivity index (χ3v) is 2.96. The van der Waals surface area contributed by atoms with Gasteiger partial charge < -0.3 is 25.6 Å². The average molecular weight is 447 g/mol. The number of nitrogens with zero attached hydrogens (tertiary/aromatic N) is 1. The summed E-state index contributed by atoms with van der Waals surface area (Å²) >= 11 is 0. The monoisotopic (exact) mass is 445 g/mol. The number of benzene rings is 1. The molecule has 0 aliphatic heterocycles. The molecule has 0 radical (unpaired) electrons. The summed E-state index contributed by atoms with van der Waals surface area (Å²) in [5, 5.41) is 30.5. The van der Waals surface area contributed by atoms with E-state index in [1.54, 1.807) is 24.4 Å². The fraction of sp³-hybridized carbons (Fsp3) is 0. The van der Waals surface area contributed by atoms with Crippen LogP contribution in [0.5, 0.6) is 17.2 Å². The van der Waals surface area contributed by atoms with Crippen molar-refractivity contribution in [3.8, 4) is 17.2 Å². The molecule has 5 N–H and O–H groups in total. The van der Waals surface area contributed by atoms with Gasteiger partial charge in [-0.2, -0.15) is 0 Å². The van der Waals surface area contributed by atoms with Crippen molar-refractivity contribution in [1.82, 2.24) is 9.97 Å². The van der Waals surface area contributed by atoms with Crippen LogP contribution in [0.15, 0.2) is 36.5 Å². The van der Waals surface area contributed by atoms with Crippen molar-refractivity contribution >= 4 is 56.6 Å². The minimum atomic E-state index is -0.636. The second-order valence-electron chi connectivity index (χ2n) is 4.44. The van der Waals surface area contributed by atoms with Crippen LogP contribution in [0.1, 0.15) is 10.5 Å². The SMILES string of the molecule is Br.Br.O=C(Nc1cc(O)c(O)c(O)c1)c1cc2ncccc2[nH]1. The van der Waals surface area contributed by atoms with Gasteiger partial charge in [0, 0.05) is 24.0 Å². The third kappa shape index (κ3) is 3.74. The van der Waals surface area contributed by atoms with Crippen molar-refractivity contribution < 1.29 is 20.1 Å². The summed E-state index contributed by atoms with van der Waals surface area (Å²) in [4.78, 5) is 19.1. The smallest absolute Gasteiger partial charge is 0.272 e. The molecule has 2 aromatic heterocycles. The lowest BCUT2D eigenvalue weighted by molar-refractivity contribution is 0.102. The summed E-state index contributed by atoms with van der Waals surface area (Å²) in [6, 6.07) is 7.39. The van der Waals surface area contributed by atoms with Gasteiger partial charge in [0.05, 0.1) is 11.0 Å². The van der Waals surface area contributed by atoms with Gasteiger partial charge in [0.25, 0.3) is 5.91 Å². The molecule has 3 rings (SSSR count). The number of phenolic OH excluding ortho intramolecular Hbond substituents is 3. The molecule has 1 amide bonds. The first-order valence-electron chi connectivity index (χ1n) is 6.04. The topological polar surface area (TPSA) is 118 Å². The van der Waals surface area contributed by atoms with Gasteiger partial charge in [-0.15, -0.1) is 34.0 Å². The molecule has 1 aromatic carbocycles. The predicted molar refractivity (Wildman–Crippen MR) is 96.1 cm³/mol. The quantitative estimate of drug-likeness (QED) is 0.306. The standard InChI is InChI=1S/C14H11N3O4.2BrH/c18-11-4-7(5-12(19)13(11)20)16-14(21)10-6-9-8(17-10)2-1-3-15-9;;/h1-6,17-20H,(H,16,21);2*1H. The maximum Gasteiger partial charge on any atom is 0.272 e. The highest BCUT2D eigenvalue weighted by Gasteiger charge is 2.13. The summed E-state index contributed by atoms with van der Waals surface area (Å²) in [6.07, 6.45) is 1.62. The number of aromatic nitrogens is 2. The molecule has 3 aromatic rings. The summed E-state index contributed by atoms with van der Waals surface area (Å²) < 4.78 is 0. The van der Waals surface area contributed by atoms with Crippen LogP contribution in [-0.2, 0) is 0 Å². The summed E-state index contributed by atoms with van der Waals surface area (Å²) in [6.45, 7) is 0. The highest BCUT2D eigenvalue weighted by molar-refractivity contribution is 8.93. The number of pyridine rings is 1. The van der Waals surface area contributed by atoms with E-state index in [2.05, 4.69) is 15.3 Å². The molecule has 0 saturated carbocycles. The predicted octanol–water partition coefficient (Wildman–Crippen LogP) is 3.09. The molecule has 0 aliphatic carbocycles. The van der Waals surface area contributed by atoms with Gasteiger partial charge in [0.1, 0.15) is 5.69 Å². The number of H-pyrrole nitrogens is 1. The lowest BCUT2D eigenvalue weighted by Gasteiger charge is -2.07. The first-order chi connectivity index (χ1) is 10.0. The zero-order valence-corrected chi connectivity index (χ0v) is 14.9. The highest BCUT2D eigenvalue weighted by Crippen LogP contribution is 2.37. The Labute approximate surface area is 151 Å². The van der Waals surface area contributed by atoms with E-state index in [1.165, 1.54) is 0 Å². The van der Waals surface area contributed by atoms with Crippen LogP contribution in [0.3, 0.4) is 0 Å². The number of hydrogen-bond acceptors (Lipinski definition) is 5. The molecule has 0 aliphatic rings. The van der Waals surface area contributed by atoms with Crippen LogP contribution in [0.4, 0.5) is 5.69 Å². The molecule has 0 atom stereocenters. The van der Waals surface area contributed by atoms with Crippen molar-refractivity contribution in [3.63, 3.8) is 0 Å². The van der Waals surface area contributed by atoms with E-state index in [-0.39, 0.29) is 45.3 Å². The Morgan fingerprint density at radius 1 is 1.09 bits per heavy atom. The van der Waals surface area contributed by atoms with Gasteiger partial charge in [-0.3, -0.25) is 9.78 Å². The molecular formula is C14H13Br2N3O4. The number of phenols is 3. The number of nitrogens with one attached hydrogen (secondary N) is 2. The Bertz CT molecular complexity index is 795. The number of aromatic hydroxyl groups is 3. The first-order valence-corrected chi connectivity index (χ1v) is 6.04. The fourth-order valence-electron chi connectivity index (χ4n) is 1.95. The van der Waals surface area contributed by atoms with Crippen molar-refractivity contribution in [2.45, 2.75) is 0 Å². The number of amides is 1. The van der Waals surface area contributed by atoms with E-state index in [9.17, 15) is 20.1 Å². The molecule has 0 fully saturated rings. The maximum absolute atomic E-state index is 12.1. The van der Waals surface area contributed by atoms with Crippen LogP contribution in [0.25, 0.3) is 11.0 Å². The van der Waals surface area contributed by atoms with E-state index in [0.717, 1.165) is 17.6 Å². The molecule has 122 valence electrons. The van der Waals surface area contributed by atoms with Gasteiger partial charge in [0.2, 0.25) is 0 Å². The second-order valence-corrected chi connectivity index (χ2v) is 4.44. The number of hydrogen-bond donors (Lipinski definition) is 5. The average Bonchev–Trinajstić information content (AvgIpc) is 2.88. The molecule has 7 nitrogen and oxygen atoms in total. The number of carbonyl (C=O) groups is 1. The first kappa shape index (κ1) is 18.8. The van der Waals surface area contributed by atoms with Crippen LogP contribution in [-0.4, -0.2) is 31.2 Å². The lowest BCUT2D eigenvalue weighted by atomic mass is 10.2. The van der Waals surface area contributed by atoms with E-state index in [4.69, 9.17) is 0 Å². The molecule has 0 saturated heterocycles. The number of fused-ring (bicyclic) bond motifs is 1. The zero-order valence-electron chi connectivity index (χ0n) is 11.5. The number of aromatic amines is 1. The van der Waals surface area contributed by atoms with Crippen LogP contribution >= 0.6 is 34.0 Å². The van der Waals surface area contributed by atoms with Crippen LogP contribution in [0, 0.1) is 0 Å². The van der Waals surface area contributed by atoms with E-state index in [1.807, 2.05) is 0 Å². The third-order valence-electron chi connectivity index (χ3n) is 2.96. The summed E-state index contributed by atoms with van der Waals surface area (Å²) in [7, 11) is 0. The number of rotatable bonds is 2. The van der Waals surface area contributed by atoms with Crippen molar-refractivity contribution in [2.24, 2.45) is 0 Å². The molecule has 9 heteroatoms. The van der Waals surface area contributed by atoms with Gasteiger partial charge in [-0.05, 0) is 18.2 Å². The Morgan fingerprint density at radius 3 is 2.35 bits per heavy atom. The molecule has 0 bridgehead atoms. The van der Waals surface area contributed by atoms with E-state index < -0.39 is 23.2 Å². The summed E-state index contributed by atoms with van der Waals surface area (Å²) in [5.41, 5.74) is 1.81. The summed E-state index contributed by atoms with van der Waals surface area (Å²) in [5.74, 6) is -2.15. The lowest BCUT2D eigenvalue weighted by Crippen LogP contribution is -2.12. The Balaban J connectivity index is 0.00000132. The van der Waals surface area contributed by atoms with Crippen molar-refractivity contribution in [3.05, 3.63) is 42.2 Å². The fourth-order valence-corrected chi connectivity index (χ4v) is 1.95. The van der Waals surface area contributed by atoms with E-state index >= 15 is 0 Å². The van der Waals surface area contributed by atoms with Crippen LogP contribution < -0.4 is 5.32 Å². The van der Waals surface area contributed by atoms with Gasteiger partial charge in [-0.25, -0.2) is 0 Å². The molecular weight excluding hydrogens is 434 g/mol. The van der Waals surface area contributed by atoms with Gasteiger partial charge in [-0.1, -0.05) is 0 Å². The second kappa shape index (κ2) is 7.34. The molecule has 2 heterocycles. The number of halogens is 2. The Morgan fingerprint density at radius 2 is 1.74 bits per heavy atom.